The summed E-state index contributed by atoms with van der Waals surface area (Å²) < 4.78 is 44.7. The Hall–Kier alpha value is -5.76. The summed E-state index contributed by atoms with van der Waals surface area (Å²) in [4.78, 5) is 36.6. The highest BCUT2D eigenvalue weighted by Gasteiger charge is 2.32. The van der Waals surface area contributed by atoms with E-state index in [1.807, 2.05) is 36.4 Å². The number of nitrogens with two attached hydrogens (primary N) is 2. The van der Waals surface area contributed by atoms with Crippen molar-refractivity contribution in [3.05, 3.63) is 99.0 Å². The van der Waals surface area contributed by atoms with E-state index in [2.05, 4.69) is 14.9 Å². The summed E-state index contributed by atoms with van der Waals surface area (Å²) in [5.74, 6) is -1.34. The van der Waals surface area contributed by atoms with Crippen LogP contribution in [0.3, 0.4) is 0 Å². The maximum Gasteiger partial charge on any atom is 0.341 e. The molecule has 14 heteroatoms. The van der Waals surface area contributed by atoms with E-state index in [0.717, 1.165) is 46.7 Å². The molecule has 5 aromatic rings. The Bertz CT molecular complexity index is 2230. The van der Waals surface area contributed by atoms with Gasteiger partial charge < -0.3 is 35.5 Å². The molecule has 12 nitrogen and oxygen atoms in total. The SMILES string of the molecule is COc1cc(-c2cc(Cc3cnc(N)nc3N)ccc2OC)ccc1CN1CCN(c2c(F)cc3c(=O)c(C(=O)O)cn(C4CC4)c3c2F)CC1. The fourth-order valence-electron chi connectivity index (χ4n) is 6.81. The highest BCUT2D eigenvalue weighted by atomic mass is 19.1. The number of methoxy groups -OCH3 is 2. The van der Waals surface area contributed by atoms with E-state index in [0.29, 0.717) is 56.5 Å². The molecule has 2 aliphatic rings. The average molecular weight is 698 g/mol. The molecular formula is C37H37F2N7O5. The van der Waals surface area contributed by atoms with Crippen molar-refractivity contribution in [2.45, 2.75) is 31.8 Å². The van der Waals surface area contributed by atoms with Crippen LogP contribution in [0.1, 0.15) is 45.9 Å². The van der Waals surface area contributed by atoms with Gasteiger partial charge in [-0.15, -0.1) is 0 Å². The highest BCUT2D eigenvalue weighted by molar-refractivity contribution is 5.94. The number of pyridine rings is 1. The van der Waals surface area contributed by atoms with Crippen LogP contribution in [0.2, 0.25) is 0 Å². The summed E-state index contributed by atoms with van der Waals surface area (Å²) in [5.41, 5.74) is 14.5. The van der Waals surface area contributed by atoms with E-state index < -0.39 is 28.6 Å². The van der Waals surface area contributed by atoms with Crippen LogP contribution in [-0.4, -0.2) is 70.9 Å². The number of anilines is 3. The standard InChI is InChI=1S/C37H37F2N7O5/c1-50-29-8-3-20(13-23-17-42-37(41)43-35(23)40)14-25(29)21-4-5-22(30(15-21)51-2)18-44-9-11-45(12-10-44)33-28(38)16-26-32(31(33)39)46(24-6-7-24)19-27(34(26)47)36(48)49/h3-5,8,14-17,19,24H,6-7,9-13,18H2,1-2H3,(H,48,49)(H4,40,41,42,43). The summed E-state index contributed by atoms with van der Waals surface area (Å²) in [6, 6.07) is 12.7. The van der Waals surface area contributed by atoms with Crippen molar-refractivity contribution in [3.63, 3.8) is 0 Å². The molecule has 0 spiro atoms. The number of fused-ring (bicyclic) bond motifs is 1. The van der Waals surface area contributed by atoms with E-state index in [1.54, 1.807) is 25.3 Å². The maximum absolute atomic E-state index is 16.2. The first kappa shape index (κ1) is 33.7. The largest absolute Gasteiger partial charge is 0.496 e. The number of nitrogens with zero attached hydrogens (tertiary/aromatic N) is 5. The number of ether oxygens (including phenoxy) is 2. The first-order valence-electron chi connectivity index (χ1n) is 16.5. The Kier molecular flexibility index (Phi) is 8.93. The molecule has 0 radical (unpaired) electrons. The predicted molar refractivity (Wildman–Crippen MR) is 189 cm³/mol. The maximum atomic E-state index is 16.2. The van der Waals surface area contributed by atoms with Gasteiger partial charge in [0.25, 0.3) is 0 Å². The molecule has 1 saturated carbocycles. The number of nitrogen functional groups attached to an aromatic ring is 2. The molecule has 0 atom stereocenters. The molecular weight excluding hydrogens is 660 g/mol. The van der Waals surface area contributed by atoms with E-state index in [1.165, 1.54) is 10.8 Å². The molecule has 1 aliphatic heterocycles. The Balaban J connectivity index is 1.09. The van der Waals surface area contributed by atoms with Gasteiger partial charge in [-0.2, -0.15) is 4.98 Å². The Morgan fingerprint density at radius 1 is 0.980 bits per heavy atom. The molecule has 264 valence electrons. The van der Waals surface area contributed by atoms with Crippen LogP contribution in [0.4, 0.5) is 26.2 Å². The van der Waals surface area contributed by atoms with E-state index in [-0.39, 0.29) is 28.6 Å². The summed E-state index contributed by atoms with van der Waals surface area (Å²) >= 11 is 0. The molecule has 7 rings (SSSR count). The van der Waals surface area contributed by atoms with Gasteiger partial charge in [0.2, 0.25) is 11.4 Å². The average Bonchev–Trinajstić information content (AvgIpc) is 3.96. The smallest absolute Gasteiger partial charge is 0.341 e. The third kappa shape index (κ3) is 6.50. The van der Waals surface area contributed by atoms with Gasteiger partial charge in [-0.05, 0) is 48.2 Å². The lowest BCUT2D eigenvalue weighted by atomic mass is 9.97. The van der Waals surface area contributed by atoms with E-state index in [4.69, 9.17) is 20.9 Å². The third-order valence-corrected chi connectivity index (χ3v) is 9.61. The first-order chi connectivity index (χ1) is 24.6. The second kappa shape index (κ2) is 13.5. The van der Waals surface area contributed by atoms with Crippen LogP contribution in [0.15, 0.2) is 59.7 Å². The van der Waals surface area contributed by atoms with Gasteiger partial charge in [-0.3, -0.25) is 9.69 Å². The number of carboxylic acid groups (broad SMARTS) is 1. The van der Waals surface area contributed by atoms with Gasteiger partial charge in [0, 0.05) is 74.3 Å². The molecule has 0 bridgehead atoms. The van der Waals surface area contributed by atoms with E-state index >= 15 is 8.78 Å². The van der Waals surface area contributed by atoms with Gasteiger partial charge in [-0.25, -0.2) is 18.6 Å². The van der Waals surface area contributed by atoms with Crippen molar-refractivity contribution in [1.29, 1.82) is 0 Å². The lowest BCUT2D eigenvalue weighted by Crippen LogP contribution is -2.46. The van der Waals surface area contributed by atoms with Crippen LogP contribution in [-0.2, 0) is 13.0 Å². The summed E-state index contributed by atoms with van der Waals surface area (Å²) in [5, 5.41) is 9.27. The van der Waals surface area contributed by atoms with Crippen molar-refractivity contribution >= 4 is 34.3 Å². The second-order valence-corrected chi connectivity index (χ2v) is 12.9. The third-order valence-electron chi connectivity index (χ3n) is 9.61. The molecule has 1 saturated heterocycles. The minimum atomic E-state index is -1.43. The fraction of sp³-hybridized carbons (Fsp3) is 0.297. The predicted octanol–water partition coefficient (Wildman–Crippen LogP) is 4.86. The van der Waals surface area contributed by atoms with Crippen molar-refractivity contribution in [2.24, 2.45) is 0 Å². The Morgan fingerprint density at radius 2 is 1.73 bits per heavy atom. The molecule has 0 unspecified atom stereocenters. The van der Waals surface area contributed by atoms with Crippen molar-refractivity contribution in [3.8, 4) is 22.6 Å². The summed E-state index contributed by atoms with van der Waals surface area (Å²) in [6.07, 6.45) is 4.76. The highest BCUT2D eigenvalue weighted by Crippen LogP contribution is 2.40. The number of hydrogen-bond acceptors (Lipinski definition) is 10. The van der Waals surface area contributed by atoms with E-state index in [9.17, 15) is 14.7 Å². The van der Waals surface area contributed by atoms with Crippen LogP contribution in [0, 0.1) is 11.6 Å². The molecule has 51 heavy (non-hydrogen) atoms. The van der Waals surface area contributed by atoms with Gasteiger partial charge >= 0.3 is 5.97 Å². The van der Waals surface area contributed by atoms with Crippen LogP contribution in [0.25, 0.3) is 22.0 Å². The fourth-order valence-corrected chi connectivity index (χ4v) is 6.81. The van der Waals surface area contributed by atoms with Gasteiger partial charge in [0.1, 0.15) is 34.4 Å². The number of halogens is 2. The van der Waals surface area contributed by atoms with Gasteiger partial charge in [0.05, 0.1) is 25.1 Å². The van der Waals surface area contributed by atoms with Crippen molar-refractivity contribution in [2.75, 3.05) is 56.8 Å². The second-order valence-electron chi connectivity index (χ2n) is 12.9. The number of hydrogen-bond donors (Lipinski definition) is 3. The Labute approximate surface area is 291 Å². The van der Waals surface area contributed by atoms with Crippen molar-refractivity contribution < 1.29 is 28.2 Å². The van der Waals surface area contributed by atoms with Crippen LogP contribution in [0.5, 0.6) is 11.5 Å². The molecule has 1 aliphatic carbocycles. The molecule has 5 N–H and O–H groups in total. The molecule has 3 heterocycles. The number of aromatic carboxylic acids is 1. The van der Waals surface area contributed by atoms with Gasteiger partial charge in [0.15, 0.2) is 5.82 Å². The van der Waals surface area contributed by atoms with Crippen LogP contribution >= 0.6 is 0 Å². The zero-order valence-corrected chi connectivity index (χ0v) is 28.2. The topological polar surface area (TPSA) is 162 Å². The molecule has 2 aromatic heterocycles. The lowest BCUT2D eigenvalue weighted by molar-refractivity contribution is 0.0694. The zero-order chi connectivity index (χ0) is 36.0. The lowest BCUT2D eigenvalue weighted by Gasteiger charge is -2.36. The minimum Gasteiger partial charge on any atom is -0.496 e. The number of aromatic nitrogens is 3. The number of carboxylic acids is 1. The number of carbonyl (C=O) groups is 1. The van der Waals surface area contributed by atoms with Gasteiger partial charge in [-0.1, -0.05) is 18.2 Å². The minimum absolute atomic E-state index is 0.0540. The van der Waals surface area contributed by atoms with Crippen LogP contribution < -0.4 is 31.3 Å². The number of rotatable bonds is 10. The summed E-state index contributed by atoms with van der Waals surface area (Å²) in [7, 11) is 3.23. The first-order valence-corrected chi connectivity index (χ1v) is 16.5. The normalized spacial score (nSPS) is 14.9. The Morgan fingerprint density at radius 3 is 2.39 bits per heavy atom. The quantitative estimate of drug-likeness (QED) is 0.183. The molecule has 0 amide bonds. The number of piperazine rings is 1. The molecule has 2 fully saturated rings. The summed E-state index contributed by atoms with van der Waals surface area (Å²) in [6.45, 7) is 2.27. The number of benzene rings is 3. The zero-order valence-electron chi connectivity index (χ0n) is 28.2. The van der Waals surface area contributed by atoms with Crippen molar-refractivity contribution in [1.82, 2.24) is 19.4 Å². The monoisotopic (exact) mass is 697 g/mol. The molecule has 3 aromatic carbocycles.